The van der Waals surface area contributed by atoms with Crippen molar-refractivity contribution in [1.29, 1.82) is 0 Å². The molecule has 1 saturated heterocycles. The van der Waals surface area contributed by atoms with Crippen LogP contribution in [0.2, 0.25) is 0 Å². The molecule has 0 amide bonds. The summed E-state index contributed by atoms with van der Waals surface area (Å²) in [6, 6.07) is 3.94. The van der Waals surface area contributed by atoms with Crippen molar-refractivity contribution in [2.45, 2.75) is 40.2 Å². The molecule has 1 aliphatic heterocycles. The fourth-order valence-corrected chi connectivity index (χ4v) is 3.29. The van der Waals surface area contributed by atoms with Crippen LogP contribution in [0.1, 0.15) is 39.2 Å². The van der Waals surface area contributed by atoms with Crippen LogP contribution in [0.15, 0.2) is 17.1 Å². The minimum Gasteiger partial charge on any atom is -0.493 e. The largest absolute Gasteiger partial charge is 0.493 e. The van der Waals surface area contributed by atoms with E-state index in [1.165, 1.54) is 12.8 Å². The van der Waals surface area contributed by atoms with Crippen molar-refractivity contribution >= 4 is 5.96 Å². The van der Waals surface area contributed by atoms with Crippen molar-refractivity contribution in [1.82, 2.24) is 10.2 Å². The molecular weight excluding hydrogens is 330 g/mol. The lowest BCUT2D eigenvalue weighted by atomic mass is 10.0. The molecule has 6 nitrogen and oxygen atoms in total. The molecule has 0 spiro atoms. The Morgan fingerprint density at radius 3 is 2.46 bits per heavy atom. The predicted octanol–water partition coefficient (Wildman–Crippen LogP) is 3.30. The molecular formula is C20H33N3O3. The maximum Gasteiger partial charge on any atom is 0.203 e. The van der Waals surface area contributed by atoms with E-state index in [1.807, 2.05) is 19.1 Å². The standard InChI is InChI=1S/C20H33N3O3/c1-6-21-20(23-10-8-9-15(3)14-23)22-13-16-11-17(24-4)19(26-7-2)18(12-16)25-5/h11-12,15H,6-10,13-14H2,1-5H3,(H,21,22). The highest BCUT2D eigenvalue weighted by Crippen LogP contribution is 2.38. The van der Waals surface area contributed by atoms with E-state index in [4.69, 9.17) is 19.2 Å². The maximum atomic E-state index is 5.67. The van der Waals surface area contributed by atoms with Crippen molar-refractivity contribution in [3.05, 3.63) is 17.7 Å². The Morgan fingerprint density at radius 1 is 1.23 bits per heavy atom. The summed E-state index contributed by atoms with van der Waals surface area (Å²) >= 11 is 0. The fourth-order valence-electron chi connectivity index (χ4n) is 3.29. The second kappa shape index (κ2) is 10.1. The zero-order chi connectivity index (χ0) is 18.9. The molecule has 1 fully saturated rings. The van der Waals surface area contributed by atoms with Gasteiger partial charge in [0, 0.05) is 19.6 Å². The summed E-state index contributed by atoms with van der Waals surface area (Å²) in [6.45, 7) is 10.4. The van der Waals surface area contributed by atoms with Crippen LogP contribution in [0.4, 0.5) is 0 Å². The van der Waals surface area contributed by atoms with Gasteiger partial charge in [-0.1, -0.05) is 6.92 Å². The lowest BCUT2D eigenvalue weighted by Gasteiger charge is -2.33. The number of nitrogens with zero attached hydrogens (tertiary/aromatic N) is 2. The molecule has 0 radical (unpaired) electrons. The summed E-state index contributed by atoms with van der Waals surface area (Å²) in [5.41, 5.74) is 1.03. The lowest BCUT2D eigenvalue weighted by Crippen LogP contribution is -2.46. The van der Waals surface area contributed by atoms with E-state index in [2.05, 4.69) is 24.1 Å². The number of aliphatic imine (C=N–C) groups is 1. The number of piperidine rings is 1. The first-order valence-corrected chi connectivity index (χ1v) is 9.53. The van der Waals surface area contributed by atoms with Gasteiger partial charge in [-0.15, -0.1) is 0 Å². The van der Waals surface area contributed by atoms with E-state index in [9.17, 15) is 0 Å². The average Bonchev–Trinajstić information content (AvgIpc) is 2.65. The van der Waals surface area contributed by atoms with E-state index in [-0.39, 0.29) is 0 Å². The summed E-state index contributed by atoms with van der Waals surface area (Å²) in [5, 5.41) is 3.42. The van der Waals surface area contributed by atoms with Gasteiger partial charge in [-0.3, -0.25) is 0 Å². The Balaban J connectivity index is 2.22. The highest BCUT2D eigenvalue weighted by atomic mass is 16.5. The molecule has 26 heavy (non-hydrogen) atoms. The summed E-state index contributed by atoms with van der Waals surface area (Å²) < 4.78 is 16.6. The number of benzene rings is 1. The topological polar surface area (TPSA) is 55.3 Å². The molecule has 0 saturated carbocycles. The molecule has 2 rings (SSSR count). The lowest BCUT2D eigenvalue weighted by molar-refractivity contribution is 0.266. The molecule has 1 aromatic carbocycles. The van der Waals surface area contributed by atoms with Crippen molar-refractivity contribution < 1.29 is 14.2 Å². The second-order valence-corrected chi connectivity index (χ2v) is 6.63. The van der Waals surface area contributed by atoms with Gasteiger partial charge in [0.15, 0.2) is 17.5 Å². The van der Waals surface area contributed by atoms with Crippen molar-refractivity contribution in [2.75, 3.05) is 40.5 Å². The molecule has 1 aromatic rings. The van der Waals surface area contributed by atoms with Gasteiger partial charge < -0.3 is 24.4 Å². The number of ether oxygens (including phenoxy) is 3. The Labute approximate surface area is 157 Å². The van der Waals surface area contributed by atoms with Crippen LogP contribution in [-0.4, -0.2) is 51.3 Å². The van der Waals surface area contributed by atoms with Gasteiger partial charge in [0.05, 0.1) is 27.4 Å². The van der Waals surface area contributed by atoms with Crippen LogP contribution >= 0.6 is 0 Å². The molecule has 6 heteroatoms. The van der Waals surface area contributed by atoms with Gasteiger partial charge in [-0.05, 0) is 50.3 Å². The molecule has 1 heterocycles. The molecule has 1 unspecified atom stereocenters. The van der Waals surface area contributed by atoms with Crippen LogP contribution in [-0.2, 0) is 6.54 Å². The second-order valence-electron chi connectivity index (χ2n) is 6.63. The SMILES string of the molecule is CCNC(=NCc1cc(OC)c(OCC)c(OC)c1)N1CCCC(C)C1. The zero-order valence-electron chi connectivity index (χ0n) is 16.8. The zero-order valence-corrected chi connectivity index (χ0v) is 16.8. The average molecular weight is 364 g/mol. The summed E-state index contributed by atoms with van der Waals surface area (Å²) in [7, 11) is 3.28. The molecule has 0 bridgehead atoms. The number of hydrogen-bond acceptors (Lipinski definition) is 4. The van der Waals surface area contributed by atoms with Gasteiger partial charge in [0.25, 0.3) is 0 Å². The first-order chi connectivity index (χ1) is 12.6. The monoisotopic (exact) mass is 363 g/mol. The van der Waals surface area contributed by atoms with Crippen molar-refractivity contribution in [3.8, 4) is 17.2 Å². The Hall–Kier alpha value is -2.11. The minimum absolute atomic E-state index is 0.557. The quantitative estimate of drug-likeness (QED) is 0.595. The number of methoxy groups -OCH3 is 2. The number of guanidine groups is 1. The molecule has 146 valence electrons. The molecule has 0 aliphatic carbocycles. The summed E-state index contributed by atoms with van der Waals surface area (Å²) in [6.07, 6.45) is 2.51. The van der Waals surface area contributed by atoms with Crippen molar-refractivity contribution in [3.63, 3.8) is 0 Å². The van der Waals surface area contributed by atoms with E-state index in [0.717, 1.165) is 31.2 Å². The Kier molecular flexibility index (Phi) is 7.88. The molecule has 1 N–H and O–H groups in total. The highest BCUT2D eigenvalue weighted by Gasteiger charge is 2.19. The molecule has 1 aliphatic rings. The third kappa shape index (κ3) is 5.19. The van der Waals surface area contributed by atoms with E-state index in [0.29, 0.717) is 36.3 Å². The van der Waals surface area contributed by atoms with Crippen LogP contribution in [0.25, 0.3) is 0 Å². The molecule has 1 atom stereocenters. The number of nitrogens with one attached hydrogen (secondary N) is 1. The van der Waals surface area contributed by atoms with Crippen molar-refractivity contribution in [2.24, 2.45) is 10.9 Å². The van der Waals surface area contributed by atoms with Gasteiger partial charge in [-0.2, -0.15) is 0 Å². The number of hydrogen-bond donors (Lipinski definition) is 1. The first kappa shape index (κ1) is 20.2. The maximum absolute atomic E-state index is 5.67. The van der Waals surface area contributed by atoms with Gasteiger partial charge in [0.1, 0.15) is 0 Å². The van der Waals surface area contributed by atoms with Gasteiger partial charge >= 0.3 is 0 Å². The fraction of sp³-hybridized carbons (Fsp3) is 0.650. The van der Waals surface area contributed by atoms with Gasteiger partial charge in [-0.25, -0.2) is 4.99 Å². The van der Waals surface area contributed by atoms with E-state index >= 15 is 0 Å². The third-order valence-corrected chi connectivity index (χ3v) is 4.51. The van der Waals surface area contributed by atoms with E-state index < -0.39 is 0 Å². The first-order valence-electron chi connectivity index (χ1n) is 9.53. The van der Waals surface area contributed by atoms with Crippen LogP contribution < -0.4 is 19.5 Å². The normalized spacial score (nSPS) is 17.8. The smallest absolute Gasteiger partial charge is 0.203 e. The summed E-state index contributed by atoms with van der Waals surface area (Å²) in [5.74, 6) is 3.67. The summed E-state index contributed by atoms with van der Waals surface area (Å²) in [4.78, 5) is 7.21. The Bertz CT molecular complexity index is 579. The predicted molar refractivity (Wildman–Crippen MR) is 106 cm³/mol. The van der Waals surface area contributed by atoms with Crippen LogP contribution in [0.5, 0.6) is 17.2 Å². The van der Waals surface area contributed by atoms with Crippen LogP contribution in [0.3, 0.4) is 0 Å². The molecule has 0 aromatic heterocycles. The highest BCUT2D eigenvalue weighted by molar-refractivity contribution is 5.80. The Morgan fingerprint density at radius 2 is 1.92 bits per heavy atom. The van der Waals surface area contributed by atoms with E-state index in [1.54, 1.807) is 14.2 Å². The number of likely N-dealkylation sites (tertiary alicyclic amines) is 1. The number of rotatable bonds is 7. The van der Waals surface area contributed by atoms with Crippen LogP contribution in [0, 0.1) is 5.92 Å². The minimum atomic E-state index is 0.557. The van der Waals surface area contributed by atoms with Gasteiger partial charge in [0.2, 0.25) is 5.75 Å². The third-order valence-electron chi connectivity index (χ3n) is 4.51.